The molecule has 26 heavy (non-hydrogen) atoms. The number of hydrogen-bond donors (Lipinski definition) is 1. The van der Waals surface area contributed by atoms with Gasteiger partial charge in [-0.1, -0.05) is 54.1 Å². The highest BCUT2D eigenvalue weighted by molar-refractivity contribution is 5.77. The van der Waals surface area contributed by atoms with Crippen molar-refractivity contribution in [3.63, 3.8) is 0 Å². The molecule has 0 spiro atoms. The van der Waals surface area contributed by atoms with E-state index in [2.05, 4.69) is 15.6 Å². The minimum absolute atomic E-state index is 0.0393. The molecule has 0 saturated carbocycles. The van der Waals surface area contributed by atoms with Crippen molar-refractivity contribution < 1.29 is 4.79 Å². The lowest BCUT2D eigenvalue weighted by Gasteiger charge is -2.17. The summed E-state index contributed by atoms with van der Waals surface area (Å²) in [6, 6.07) is 15.2. The third kappa shape index (κ3) is 3.96. The van der Waals surface area contributed by atoms with Gasteiger partial charge in [0.25, 0.3) is 5.56 Å². The van der Waals surface area contributed by atoms with Gasteiger partial charge in [-0.05, 0) is 31.0 Å². The van der Waals surface area contributed by atoms with Gasteiger partial charge in [-0.2, -0.15) is 0 Å². The number of carbonyl (C=O) groups excluding carboxylic acids is 1. The van der Waals surface area contributed by atoms with Crippen LogP contribution in [0.25, 0.3) is 10.9 Å². The summed E-state index contributed by atoms with van der Waals surface area (Å²) in [6.07, 6.45) is 0.972. The van der Waals surface area contributed by atoms with E-state index in [0.29, 0.717) is 10.9 Å². The lowest BCUT2D eigenvalue weighted by molar-refractivity contribution is -0.122. The topological polar surface area (TPSA) is 76.9 Å². The number of fused-ring (bicyclic) bond motifs is 1. The fraction of sp³-hybridized carbons (Fsp3) is 0.300. The van der Waals surface area contributed by atoms with Gasteiger partial charge in [-0.15, -0.1) is 5.10 Å². The van der Waals surface area contributed by atoms with Crippen LogP contribution in [0.2, 0.25) is 0 Å². The van der Waals surface area contributed by atoms with Crippen LogP contribution < -0.4 is 10.9 Å². The first kappa shape index (κ1) is 17.8. The Bertz CT molecular complexity index is 963. The Morgan fingerprint density at radius 1 is 1.15 bits per heavy atom. The highest BCUT2D eigenvalue weighted by atomic mass is 16.2. The average Bonchev–Trinajstić information content (AvgIpc) is 2.66. The SMILES string of the molecule is CCC(NC(=O)CCn1nnc2ccccc2c1=O)c1ccc(C)cc1. The molecular weight excluding hydrogens is 328 g/mol. The van der Waals surface area contributed by atoms with Gasteiger partial charge in [0.2, 0.25) is 5.91 Å². The molecule has 1 heterocycles. The molecular formula is C20H22N4O2. The Morgan fingerprint density at radius 2 is 1.88 bits per heavy atom. The summed E-state index contributed by atoms with van der Waals surface area (Å²) < 4.78 is 1.24. The van der Waals surface area contributed by atoms with Crippen molar-refractivity contribution >= 4 is 16.8 Å². The highest BCUT2D eigenvalue weighted by Gasteiger charge is 2.13. The highest BCUT2D eigenvalue weighted by Crippen LogP contribution is 2.17. The van der Waals surface area contributed by atoms with Gasteiger partial charge < -0.3 is 5.32 Å². The predicted octanol–water partition coefficient (Wildman–Crippen LogP) is 2.76. The number of aromatic nitrogens is 3. The molecule has 3 aromatic rings. The van der Waals surface area contributed by atoms with E-state index in [9.17, 15) is 9.59 Å². The van der Waals surface area contributed by atoms with Gasteiger partial charge in [-0.3, -0.25) is 9.59 Å². The van der Waals surface area contributed by atoms with Crippen molar-refractivity contribution in [2.45, 2.75) is 39.3 Å². The predicted molar refractivity (Wildman–Crippen MR) is 101 cm³/mol. The lowest BCUT2D eigenvalue weighted by Crippen LogP contribution is -2.31. The molecule has 0 aliphatic heterocycles. The first-order valence-electron chi connectivity index (χ1n) is 8.77. The Hall–Kier alpha value is -3.02. The second-order valence-corrected chi connectivity index (χ2v) is 6.32. The summed E-state index contributed by atoms with van der Waals surface area (Å²) in [5.41, 5.74) is 2.59. The van der Waals surface area contributed by atoms with Crippen LogP contribution in [0, 0.1) is 6.92 Å². The zero-order valence-corrected chi connectivity index (χ0v) is 15.0. The number of aryl methyl sites for hydroxylation is 2. The molecule has 6 nitrogen and oxygen atoms in total. The fourth-order valence-corrected chi connectivity index (χ4v) is 2.86. The molecule has 1 aromatic heterocycles. The zero-order valence-electron chi connectivity index (χ0n) is 15.0. The van der Waals surface area contributed by atoms with Gasteiger partial charge in [0.05, 0.1) is 18.0 Å². The first-order chi connectivity index (χ1) is 12.6. The number of nitrogens with one attached hydrogen (secondary N) is 1. The van der Waals surface area contributed by atoms with Gasteiger partial charge in [-0.25, -0.2) is 4.68 Å². The fourth-order valence-electron chi connectivity index (χ4n) is 2.86. The quantitative estimate of drug-likeness (QED) is 0.741. The second kappa shape index (κ2) is 7.91. The third-order valence-electron chi connectivity index (χ3n) is 4.40. The third-order valence-corrected chi connectivity index (χ3v) is 4.40. The van der Waals surface area contributed by atoms with Gasteiger partial charge >= 0.3 is 0 Å². The van der Waals surface area contributed by atoms with Crippen molar-refractivity contribution in [1.29, 1.82) is 0 Å². The van der Waals surface area contributed by atoms with Crippen molar-refractivity contribution in [3.8, 4) is 0 Å². The largest absolute Gasteiger partial charge is 0.349 e. The number of nitrogens with zero attached hydrogens (tertiary/aromatic N) is 3. The maximum absolute atomic E-state index is 12.4. The van der Waals surface area contributed by atoms with E-state index in [1.807, 2.05) is 44.2 Å². The molecule has 1 unspecified atom stereocenters. The Kier molecular flexibility index (Phi) is 5.41. The van der Waals surface area contributed by atoms with Crippen LogP contribution in [-0.4, -0.2) is 20.9 Å². The summed E-state index contributed by atoms with van der Waals surface area (Å²) in [4.78, 5) is 24.7. The second-order valence-electron chi connectivity index (χ2n) is 6.32. The molecule has 0 bridgehead atoms. The number of amides is 1. The Morgan fingerprint density at radius 3 is 2.62 bits per heavy atom. The van der Waals surface area contributed by atoms with Crippen LogP contribution in [0.4, 0.5) is 0 Å². The summed E-state index contributed by atoms with van der Waals surface area (Å²) in [7, 11) is 0. The maximum Gasteiger partial charge on any atom is 0.277 e. The van der Waals surface area contributed by atoms with Crippen LogP contribution in [0.3, 0.4) is 0 Å². The van der Waals surface area contributed by atoms with Crippen molar-refractivity contribution in [2.24, 2.45) is 0 Å². The number of benzene rings is 2. The summed E-state index contributed by atoms with van der Waals surface area (Å²) in [5.74, 6) is -0.112. The summed E-state index contributed by atoms with van der Waals surface area (Å²) in [5, 5.41) is 11.5. The maximum atomic E-state index is 12.4. The van der Waals surface area contributed by atoms with Crippen LogP contribution in [-0.2, 0) is 11.3 Å². The van der Waals surface area contributed by atoms with E-state index in [0.717, 1.165) is 12.0 Å². The molecule has 3 rings (SSSR count). The number of hydrogen-bond acceptors (Lipinski definition) is 4. The van der Waals surface area contributed by atoms with E-state index in [4.69, 9.17) is 0 Å². The first-order valence-corrected chi connectivity index (χ1v) is 8.77. The molecule has 0 fully saturated rings. The lowest BCUT2D eigenvalue weighted by atomic mass is 10.0. The Labute approximate surface area is 151 Å². The average molecular weight is 350 g/mol. The monoisotopic (exact) mass is 350 g/mol. The van der Waals surface area contributed by atoms with Crippen LogP contribution in [0.1, 0.15) is 36.9 Å². The standard InChI is InChI=1S/C20H22N4O2/c1-3-17(15-10-8-14(2)9-11-15)21-19(25)12-13-24-20(26)16-6-4-5-7-18(16)22-23-24/h4-11,17H,3,12-13H2,1-2H3,(H,21,25). The number of rotatable bonds is 6. The molecule has 1 amide bonds. The van der Waals surface area contributed by atoms with E-state index in [1.165, 1.54) is 10.2 Å². The van der Waals surface area contributed by atoms with Crippen molar-refractivity contribution in [2.75, 3.05) is 0 Å². The molecule has 0 radical (unpaired) electrons. The molecule has 0 saturated heterocycles. The molecule has 1 atom stereocenters. The van der Waals surface area contributed by atoms with E-state index in [1.54, 1.807) is 18.2 Å². The van der Waals surface area contributed by atoms with E-state index >= 15 is 0 Å². The molecule has 0 aliphatic carbocycles. The van der Waals surface area contributed by atoms with Crippen molar-refractivity contribution in [1.82, 2.24) is 20.3 Å². The normalized spacial score (nSPS) is 12.1. The van der Waals surface area contributed by atoms with E-state index < -0.39 is 0 Å². The van der Waals surface area contributed by atoms with Gasteiger partial charge in [0, 0.05) is 6.42 Å². The van der Waals surface area contributed by atoms with Gasteiger partial charge in [0.1, 0.15) is 5.52 Å². The van der Waals surface area contributed by atoms with Crippen molar-refractivity contribution in [3.05, 3.63) is 70.0 Å². The van der Waals surface area contributed by atoms with E-state index in [-0.39, 0.29) is 30.5 Å². The molecule has 2 aromatic carbocycles. The van der Waals surface area contributed by atoms with Crippen LogP contribution in [0.15, 0.2) is 53.3 Å². The molecule has 1 N–H and O–H groups in total. The minimum atomic E-state index is -0.228. The molecule has 0 aliphatic rings. The molecule has 134 valence electrons. The Balaban J connectivity index is 1.66. The summed E-state index contributed by atoms with van der Waals surface area (Å²) >= 11 is 0. The number of carbonyl (C=O) groups is 1. The smallest absolute Gasteiger partial charge is 0.277 e. The van der Waals surface area contributed by atoms with Crippen LogP contribution in [0.5, 0.6) is 0 Å². The summed E-state index contributed by atoms with van der Waals surface area (Å²) in [6.45, 7) is 4.27. The van der Waals surface area contributed by atoms with Crippen LogP contribution >= 0.6 is 0 Å². The van der Waals surface area contributed by atoms with Gasteiger partial charge in [0.15, 0.2) is 0 Å². The minimum Gasteiger partial charge on any atom is -0.349 e. The molecule has 6 heteroatoms. The zero-order chi connectivity index (χ0) is 18.5.